The van der Waals surface area contributed by atoms with Gasteiger partial charge in [0.25, 0.3) is 0 Å². The molecule has 3 rings (SSSR count). The Morgan fingerprint density at radius 1 is 1.15 bits per heavy atom. The third kappa shape index (κ3) is 4.03. The maximum atomic E-state index is 13.0. The van der Waals surface area contributed by atoms with Crippen molar-refractivity contribution in [1.29, 1.82) is 0 Å². The van der Waals surface area contributed by atoms with Crippen molar-refractivity contribution < 1.29 is 14.0 Å². The van der Waals surface area contributed by atoms with E-state index in [1.54, 1.807) is 0 Å². The molecule has 1 aromatic carbocycles. The van der Waals surface area contributed by atoms with Gasteiger partial charge in [-0.15, -0.1) is 0 Å². The zero-order valence-corrected chi connectivity index (χ0v) is 16.6. The van der Waals surface area contributed by atoms with Crippen LogP contribution >= 0.6 is 0 Å². The number of quaternary nitrogens is 1. The van der Waals surface area contributed by atoms with Gasteiger partial charge in [-0.3, -0.25) is 4.79 Å². The molecule has 1 saturated heterocycles. The van der Waals surface area contributed by atoms with E-state index >= 15 is 0 Å². The van der Waals surface area contributed by atoms with Crippen LogP contribution in [0.2, 0.25) is 0 Å². The molecule has 4 atom stereocenters. The molecule has 142 valence electrons. The van der Waals surface area contributed by atoms with Gasteiger partial charge in [-0.2, -0.15) is 0 Å². The number of rotatable bonds is 6. The molecule has 1 aliphatic heterocycles. The van der Waals surface area contributed by atoms with Crippen molar-refractivity contribution in [2.24, 2.45) is 5.92 Å². The molecule has 1 fully saturated rings. The number of hydrogen-bond acceptors (Lipinski definition) is 2. The second-order valence-electron chi connectivity index (χ2n) is 8.42. The summed E-state index contributed by atoms with van der Waals surface area (Å²) in [6, 6.07) is 11.5. The van der Waals surface area contributed by atoms with Gasteiger partial charge < -0.3 is 9.22 Å². The Kier molecular flexibility index (Phi) is 6.18. The molecule has 0 N–H and O–H groups in total. The SMILES string of the molecule is CC1CCC(C)[N+]1(C)CCOC(=O)C(c1ccccc1)C1C=CCCC1. The predicted molar refractivity (Wildman–Crippen MR) is 106 cm³/mol. The summed E-state index contributed by atoms with van der Waals surface area (Å²) in [6.07, 6.45) is 10.3. The van der Waals surface area contributed by atoms with E-state index in [0.29, 0.717) is 18.7 Å². The summed E-state index contributed by atoms with van der Waals surface area (Å²) < 4.78 is 6.87. The molecule has 1 aliphatic carbocycles. The minimum Gasteiger partial charge on any atom is -0.459 e. The number of likely N-dealkylation sites (tertiary alicyclic amines) is 1. The van der Waals surface area contributed by atoms with Crippen molar-refractivity contribution in [3.63, 3.8) is 0 Å². The minimum atomic E-state index is -0.175. The van der Waals surface area contributed by atoms with E-state index in [0.717, 1.165) is 35.9 Å². The van der Waals surface area contributed by atoms with Crippen molar-refractivity contribution >= 4 is 5.97 Å². The maximum Gasteiger partial charge on any atom is 0.314 e. The summed E-state index contributed by atoms with van der Waals surface area (Å²) in [5, 5.41) is 0. The quantitative estimate of drug-likeness (QED) is 0.420. The van der Waals surface area contributed by atoms with Gasteiger partial charge >= 0.3 is 5.97 Å². The number of carbonyl (C=O) groups excluding carboxylic acids is 1. The van der Waals surface area contributed by atoms with E-state index in [1.807, 2.05) is 18.2 Å². The summed E-state index contributed by atoms with van der Waals surface area (Å²) in [4.78, 5) is 13.0. The average molecular weight is 357 g/mol. The average Bonchev–Trinajstić information content (AvgIpc) is 2.91. The fourth-order valence-corrected chi connectivity index (χ4v) is 4.72. The van der Waals surface area contributed by atoms with Crippen molar-refractivity contribution in [2.75, 3.05) is 20.2 Å². The lowest BCUT2D eigenvalue weighted by Crippen LogP contribution is -2.53. The van der Waals surface area contributed by atoms with Crippen LogP contribution in [0.25, 0.3) is 0 Å². The Morgan fingerprint density at radius 3 is 2.46 bits per heavy atom. The number of likely N-dealkylation sites (N-methyl/N-ethyl adjacent to an activating group) is 1. The van der Waals surface area contributed by atoms with Crippen LogP contribution < -0.4 is 0 Å². The van der Waals surface area contributed by atoms with Crippen molar-refractivity contribution in [3.05, 3.63) is 48.0 Å². The molecule has 4 unspecified atom stereocenters. The fourth-order valence-electron chi connectivity index (χ4n) is 4.72. The molecule has 0 saturated carbocycles. The van der Waals surface area contributed by atoms with Crippen LogP contribution in [0, 0.1) is 5.92 Å². The van der Waals surface area contributed by atoms with Crippen LogP contribution in [-0.4, -0.2) is 42.7 Å². The van der Waals surface area contributed by atoms with Crippen LogP contribution in [-0.2, 0) is 9.53 Å². The molecule has 3 heteroatoms. The molecule has 3 nitrogen and oxygen atoms in total. The highest BCUT2D eigenvalue weighted by atomic mass is 16.5. The van der Waals surface area contributed by atoms with Gasteiger partial charge in [0.1, 0.15) is 13.2 Å². The third-order valence-corrected chi connectivity index (χ3v) is 6.97. The highest BCUT2D eigenvalue weighted by Gasteiger charge is 2.41. The van der Waals surface area contributed by atoms with E-state index in [9.17, 15) is 4.79 Å². The summed E-state index contributed by atoms with van der Waals surface area (Å²) in [5.74, 6) is 0.0263. The number of nitrogens with zero attached hydrogens (tertiary/aromatic N) is 1. The first kappa shape index (κ1) is 19.2. The second-order valence-corrected chi connectivity index (χ2v) is 8.42. The van der Waals surface area contributed by atoms with Gasteiger partial charge in [-0.25, -0.2) is 0 Å². The number of benzene rings is 1. The molecular formula is C23H34NO2+. The number of carbonyl (C=O) groups is 1. The Bertz CT molecular complexity index is 614. The molecular weight excluding hydrogens is 322 g/mol. The lowest BCUT2D eigenvalue weighted by molar-refractivity contribution is -0.939. The molecule has 26 heavy (non-hydrogen) atoms. The monoisotopic (exact) mass is 356 g/mol. The Labute approximate surface area is 158 Å². The summed E-state index contributed by atoms with van der Waals surface area (Å²) in [7, 11) is 2.31. The highest BCUT2D eigenvalue weighted by molar-refractivity contribution is 5.79. The summed E-state index contributed by atoms with van der Waals surface area (Å²) in [6.45, 7) is 6.08. The smallest absolute Gasteiger partial charge is 0.314 e. The van der Waals surface area contributed by atoms with Gasteiger partial charge in [0.15, 0.2) is 0 Å². The number of ether oxygens (including phenoxy) is 1. The standard InChI is InChI=1S/C23H34NO2/c1-18-14-15-19(2)24(18,3)16-17-26-23(25)22(20-10-6-4-7-11-20)21-12-8-5-9-13-21/h4,6-8,10-12,18-19,21-22H,5,9,13-17H2,1-3H3/q+1. The molecule has 0 aromatic heterocycles. The first-order chi connectivity index (χ1) is 12.5. The van der Waals surface area contributed by atoms with Crippen LogP contribution in [0.3, 0.4) is 0 Å². The Balaban J connectivity index is 1.66. The third-order valence-electron chi connectivity index (χ3n) is 6.97. The first-order valence-electron chi connectivity index (χ1n) is 10.3. The molecule has 0 amide bonds. The van der Waals surface area contributed by atoms with E-state index in [4.69, 9.17) is 4.74 Å². The van der Waals surface area contributed by atoms with Gasteiger partial charge in [0, 0.05) is 12.8 Å². The lowest BCUT2D eigenvalue weighted by Gasteiger charge is -2.38. The maximum absolute atomic E-state index is 13.0. The second kappa shape index (κ2) is 8.39. The topological polar surface area (TPSA) is 26.3 Å². The Morgan fingerprint density at radius 2 is 1.85 bits per heavy atom. The first-order valence-corrected chi connectivity index (χ1v) is 10.3. The van der Waals surface area contributed by atoms with E-state index in [-0.39, 0.29) is 17.8 Å². The molecule has 1 heterocycles. The summed E-state index contributed by atoms with van der Waals surface area (Å²) in [5.41, 5.74) is 1.08. The van der Waals surface area contributed by atoms with Crippen LogP contribution in [0.15, 0.2) is 42.5 Å². The number of esters is 1. The number of allylic oxidation sites excluding steroid dienone is 2. The minimum absolute atomic E-state index is 0.0566. The highest BCUT2D eigenvalue weighted by Crippen LogP contribution is 2.34. The Hall–Kier alpha value is -1.61. The zero-order chi connectivity index (χ0) is 18.6. The van der Waals surface area contributed by atoms with Crippen LogP contribution in [0.5, 0.6) is 0 Å². The van der Waals surface area contributed by atoms with Gasteiger partial charge in [0.05, 0.1) is 25.0 Å². The van der Waals surface area contributed by atoms with E-state index < -0.39 is 0 Å². The fraction of sp³-hybridized carbons (Fsp3) is 0.609. The van der Waals surface area contributed by atoms with Crippen LogP contribution in [0.4, 0.5) is 0 Å². The van der Waals surface area contributed by atoms with Gasteiger partial charge in [0.2, 0.25) is 0 Å². The predicted octanol–water partition coefficient (Wildman–Crippen LogP) is 4.69. The molecule has 2 aliphatic rings. The van der Waals surface area contributed by atoms with Crippen LogP contribution in [0.1, 0.15) is 57.4 Å². The lowest BCUT2D eigenvalue weighted by atomic mass is 9.80. The van der Waals surface area contributed by atoms with E-state index in [1.165, 1.54) is 12.8 Å². The van der Waals surface area contributed by atoms with Crippen molar-refractivity contribution in [3.8, 4) is 0 Å². The molecule has 1 aromatic rings. The van der Waals surface area contributed by atoms with Crippen molar-refractivity contribution in [1.82, 2.24) is 0 Å². The van der Waals surface area contributed by atoms with Gasteiger partial charge in [-0.1, -0.05) is 42.5 Å². The molecule has 0 spiro atoms. The normalized spacial score (nSPS) is 32.3. The number of hydrogen-bond donors (Lipinski definition) is 0. The van der Waals surface area contributed by atoms with Gasteiger partial charge in [-0.05, 0) is 44.6 Å². The molecule has 0 bridgehead atoms. The zero-order valence-electron chi connectivity index (χ0n) is 16.6. The van der Waals surface area contributed by atoms with Crippen molar-refractivity contribution in [2.45, 2.75) is 64.0 Å². The largest absolute Gasteiger partial charge is 0.459 e. The summed E-state index contributed by atoms with van der Waals surface area (Å²) >= 11 is 0. The molecule has 0 radical (unpaired) electrons. The van der Waals surface area contributed by atoms with E-state index in [2.05, 4.69) is 45.2 Å².